The minimum absolute atomic E-state index is 0.118. The van der Waals surface area contributed by atoms with Crippen LogP contribution < -0.4 is 4.72 Å². The number of hydroxylamine groups is 2. The molecule has 0 bridgehead atoms. The molecule has 0 unspecified atom stereocenters. The molecule has 134 valence electrons. The second kappa shape index (κ2) is 7.43. The molecule has 2 aromatic rings. The summed E-state index contributed by atoms with van der Waals surface area (Å²) in [5.41, 5.74) is 2.92. The van der Waals surface area contributed by atoms with Gasteiger partial charge in [-0.25, -0.2) is 13.1 Å². The second-order valence-electron chi connectivity index (χ2n) is 6.23. The first-order valence-electron chi connectivity index (χ1n) is 8.02. The van der Waals surface area contributed by atoms with Gasteiger partial charge in [-0.2, -0.15) is 5.06 Å². The summed E-state index contributed by atoms with van der Waals surface area (Å²) >= 11 is 5.93. The number of hydrogen-bond donors (Lipinski definition) is 1. The molecule has 0 aromatic heterocycles. The van der Waals surface area contributed by atoms with Crippen molar-refractivity contribution in [2.24, 2.45) is 0 Å². The van der Waals surface area contributed by atoms with Crippen LogP contribution in [0, 0.1) is 6.92 Å². The van der Waals surface area contributed by atoms with Crippen LogP contribution in [-0.4, -0.2) is 32.4 Å². The Morgan fingerprint density at radius 1 is 1.16 bits per heavy atom. The second-order valence-corrected chi connectivity index (χ2v) is 8.65. The Hall–Kier alpha value is -1.44. The number of benzene rings is 2. The third-order valence-corrected chi connectivity index (χ3v) is 6.38. The van der Waals surface area contributed by atoms with E-state index in [1.165, 1.54) is 0 Å². The van der Waals surface area contributed by atoms with Gasteiger partial charge in [0, 0.05) is 18.6 Å². The fraction of sp³-hybridized carbons (Fsp3) is 0.333. The molecule has 25 heavy (non-hydrogen) atoms. The lowest BCUT2D eigenvalue weighted by Crippen LogP contribution is -2.39. The SMILES string of the molecule is Cc1ccc(CNS(=O)(=O)[C@H]2CON(C)[C@@H]2c2ccc(Cl)cc2)cc1. The molecule has 5 nitrogen and oxygen atoms in total. The van der Waals surface area contributed by atoms with Crippen molar-refractivity contribution in [1.29, 1.82) is 0 Å². The summed E-state index contributed by atoms with van der Waals surface area (Å²) in [6.07, 6.45) is 0. The molecule has 1 saturated heterocycles. The zero-order chi connectivity index (χ0) is 18.0. The topological polar surface area (TPSA) is 58.6 Å². The predicted molar refractivity (Wildman–Crippen MR) is 98.6 cm³/mol. The normalized spacial score (nSPS) is 21.6. The van der Waals surface area contributed by atoms with Crippen molar-refractivity contribution in [1.82, 2.24) is 9.79 Å². The molecule has 1 N–H and O–H groups in total. The highest BCUT2D eigenvalue weighted by Crippen LogP contribution is 2.33. The van der Waals surface area contributed by atoms with Gasteiger partial charge in [0.2, 0.25) is 10.0 Å². The van der Waals surface area contributed by atoms with Crippen molar-refractivity contribution in [3.8, 4) is 0 Å². The van der Waals surface area contributed by atoms with Crippen LogP contribution in [0.4, 0.5) is 0 Å². The average Bonchev–Trinajstić information content (AvgIpc) is 2.98. The van der Waals surface area contributed by atoms with Crippen LogP contribution in [0.2, 0.25) is 5.02 Å². The van der Waals surface area contributed by atoms with Crippen molar-refractivity contribution in [2.45, 2.75) is 24.8 Å². The Morgan fingerprint density at radius 2 is 1.80 bits per heavy atom. The summed E-state index contributed by atoms with van der Waals surface area (Å²) in [6.45, 7) is 2.37. The van der Waals surface area contributed by atoms with Crippen molar-refractivity contribution >= 4 is 21.6 Å². The minimum Gasteiger partial charge on any atom is -0.297 e. The third kappa shape index (κ3) is 4.22. The zero-order valence-electron chi connectivity index (χ0n) is 14.1. The molecule has 0 amide bonds. The number of hydrogen-bond acceptors (Lipinski definition) is 4. The zero-order valence-corrected chi connectivity index (χ0v) is 15.7. The van der Waals surface area contributed by atoms with E-state index in [1.807, 2.05) is 43.3 Å². The third-order valence-electron chi connectivity index (χ3n) is 4.39. The molecule has 0 spiro atoms. The average molecular weight is 381 g/mol. The summed E-state index contributed by atoms with van der Waals surface area (Å²) in [5.74, 6) is 0. The number of sulfonamides is 1. The largest absolute Gasteiger partial charge is 0.297 e. The lowest BCUT2D eigenvalue weighted by molar-refractivity contribution is -0.110. The van der Waals surface area contributed by atoms with E-state index >= 15 is 0 Å². The van der Waals surface area contributed by atoms with Crippen LogP contribution in [-0.2, 0) is 21.4 Å². The summed E-state index contributed by atoms with van der Waals surface area (Å²) in [4.78, 5) is 5.50. The van der Waals surface area contributed by atoms with Gasteiger partial charge in [-0.3, -0.25) is 4.84 Å². The lowest BCUT2D eigenvalue weighted by Gasteiger charge is -2.23. The minimum atomic E-state index is -3.56. The molecule has 3 rings (SSSR count). The summed E-state index contributed by atoms with van der Waals surface area (Å²) in [5, 5.41) is 1.52. The maximum absolute atomic E-state index is 12.8. The van der Waals surface area contributed by atoms with E-state index in [2.05, 4.69) is 4.72 Å². The van der Waals surface area contributed by atoms with E-state index in [-0.39, 0.29) is 19.2 Å². The van der Waals surface area contributed by atoms with Crippen molar-refractivity contribution in [3.05, 3.63) is 70.2 Å². The van der Waals surface area contributed by atoms with Gasteiger partial charge in [0.05, 0.1) is 12.6 Å². The molecule has 7 heteroatoms. The van der Waals surface area contributed by atoms with E-state index in [0.29, 0.717) is 5.02 Å². The first-order chi connectivity index (χ1) is 11.9. The maximum Gasteiger partial charge on any atom is 0.219 e. The number of aryl methyl sites for hydroxylation is 1. The number of rotatable bonds is 5. The molecule has 0 aliphatic carbocycles. The molecule has 2 aromatic carbocycles. The van der Waals surface area contributed by atoms with Gasteiger partial charge in [0.25, 0.3) is 0 Å². The van der Waals surface area contributed by atoms with Gasteiger partial charge in [-0.1, -0.05) is 53.6 Å². The van der Waals surface area contributed by atoms with E-state index in [9.17, 15) is 8.42 Å². The predicted octanol–water partition coefficient (Wildman–Crippen LogP) is 3.05. The van der Waals surface area contributed by atoms with E-state index < -0.39 is 15.3 Å². The van der Waals surface area contributed by atoms with Crippen LogP contribution in [0.15, 0.2) is 48.5 Å². The molecular weight excluding hydrogens is 360 g/mol. The number of nitrogens with zero attached hydrogens (tertiary/aromatic N) is 1. The summed E-state index contributed by atoms with van der Waals surface area (Å²) in [7, 11) is -1.81. The Kier molecular flexibility index (Phi) is 5.46. The molecule has 1 heterocycles. The fourth-order valence-corrected chi connectivity index (χ4v) is 4.55. The highest BCUT2D eigenvalue weighted by atomic mass is 35.5. The first kappa shape index (κ1) is 18.4. The maximum atomic E-state index is 12.8. The van der Waals surface area contributed by atoms with E-state index in [1.54, 1.807) is 24.2 Å². The van der Waals surface area contributed by atoms with Gasteiger partial charge in [-0.05, 0) is 30.2 Å². The monoisotopic (exact) mass is 380 g/mol. The molecule has 0 radical (unpaired) electrons. The van der Waals surface area contributed by atoms with Gasteiger partial charge < -0.3 is 0 Å². The van der Waals surface area contributed by atoms with Crippen molar-refractivity contribution in [2.75, 3.05) is 13.7 Å². The van der Waals surface area contributed by atoms with Crippen LogP contribution in [0.5, 0.6) is 0 Å². The highest BCUT2D eigenvalue weighted by molar-refractivity contribution is 7.90. The van der Waals surface area contributed by atoms with Crippen LogP contribution in [0.1, 0.15) is 22.7 Å². The Labute approximate surface area is 153 Å². The number of halogens is 1. The summed E-state index contributed by atoms with van der Waals surface area (Å²) in [6, 6.07) is 14.6. The van der Waals surface area contributed by atoms with Gasteiger partial charge in [-0.15, -0.1) is 0 Å². The van der Waals surface area contributed by atoms with Crippen molar-refractivity contribution in [3.63, 3.8) is 0 Å². The molecule has 0 saturated carbocycles. The fourth-order valence-electron chi connectivity index (χ4n) is 2.94. The van der Waals surface area contributed by atoms with E-state index in [0.717, 1.165) is 16.7 Å². The summed E-state index contributed by atoms with van der Waals surface area (Å²) < 4.78 is 28.4. The molecule has 2 atom stereocenters. The quantitative estimate of drug-likeness (QED) is 0.866. The molecular formula is C18H21ClN2O3S. The van der Waals surface area contributed by atoms with Gasteiger partial charge in [0.1, 0.15) is 5.25 Å². The van der Waals surface area contributed by atoms with Crippen LogP contribution >= 0.6 is 11.6 Å². The van der Waals surface area contributed by atoms with Gasteiger partial charge in [0.15, 0.2) is 0 Å². The van der Waals surface area contributed by atoms with Crippen molar-refractivity contribution < 1.29 is 13.3 Å². The Balaban J connectivity index is 1.77. The van der Waals surface area contributed by atoms with Crippen LogP contribution in [0.25, 0.3) is 0 Å². The van der Waals surface area contributed by atoms with Gasteiger partial charge >= 0.3 is 0 Å². The highest BCUT2D eigenvalue weighted by Gasteiger charge is 2.42. The number of nitrogens with one attached hydrogen (secondary N) is 1. The smallest absolute Gasteiger partial charge is 0.219 e. The first-order valence-corrected chi connectivity index (χ1v) is 9.94. The lowest BCUT2D eigenvalue weighted by atomic mass is 10.0. The standard InChI is InChI=1S/C18H21ClN2O3S/c1-13-3-5-14(6-4-13)11-20-25(22,23)17-12-24-21(2)18(17)15-7-9-16(19)10-8-15/h3-10,17-18,20H,11-12H2,1-2H3/t17-,18+/m0/s1. The Morgan fingerprint density at radius 3 is 2.44 bits per heavy atom. The molecule has 1 aliphatic rings. The molecule has 1 fully saturated rings. The van der Waals surface area contributed by atoms with E-state index in [4.69, 9.17) is 16.4 Å². The molecule has 1 aliphatic heterocycles. The Bertz CT molecular complexity index is 822. The van der Waals surface area contributed by atoms with Crippen LogP contribution in [0.3, 0.4) is 0 Å².